The minimum absolute atomic E-state index is 0.642. The van der Waals surface area contributed by atoms with Crippen molar-refractivity contribution in [2.24, 2.45) is 13.0 Å². The van der Waals surface area contributed by atoms with Crippen molar-refractivity contribution in [3.8, 4) is 0 Å². The van der Waals surface area contributed by atoms with Crippen LogP contribution in [0.15, 0.2) is 6.07 Å². The van der Waals surface area contributed by atoms with Gasteiger partial charge < -0.3 is 5.73 Å². The molecule has 0 aliphatic heterocycles. The molecule has 3 nitrogen and oxygen atoms in total. The molecule has 72 valence electrons. The molecule has 3 heteroatoms. The summed E-state index contributed by atoms with van der Waals surface area (Å²) < 4.78 is 1.76. The molecule has 0 radical (unpaired) electrons. The highest BCUT2D eigenvalue weighted by molar-refractivity contribution is 5.32. The average Bonchev–Trinajstić information content (AvgIpc) is 2.60. The molecule has 1 saturated carbocycles. The van der Waals surface area contributed by atoms with Crippen molar-refractivity contribution in [1.29, 1.82) is 0 Å². The summed E-state index contributed by atoms with van der Waals surface area (Å²) in [6, 6.07) is 2.02. The number of nitrogens with zero attached hydrogens (tertiary/aromatic N) is 2. The number of nitrogen functional groups attached to an aromatic ring is 1. The predicted molar refractivity (Wildman–Crippen MR) is 53.4 cm³/mol. The van der Waals surface area contributed by atoms with Crippen LogP contribution in [-0.2, 0) is 7.05 Å². The van der Waals surface area contributed by atoms with Crippen molar-refractivity contribution < 1.29 is 0 Å². The summed E-state index contributed by atoms with van der Waals surface area (Å²) in [5.74, 6) is 2.19. The molecule has 2 atom stereocenters. The molecule has 1 aromatic rings. The number of aromatic nitrogens is 2. The maximum absolute atomic E-state index is 5.75. The van der Waals surface area contributed by atoms with Gasteiger partial charge in [-0.05, 0) is 12.3 Å². The number of hydrogen-bond donors (Lipinski definition) is 1. The van der Waals surface area contributed by atoms with E-state index in [2.05, 4.69) is 12.0 Å². The van der Waals surface area contributed by atoms with E-state index in [9.17, 15) is 0 Å². The van der Waals surface area contributed by atoms with Gasteiger partial charge in [0.05, 0.1) is 5.69 Å². The summed E-state index contributed by atoms with van der Waals surface area (Å²) in [6.07, 6.45) is 3.95. The monoisotopic (exact) mass is 179 g/mol. The number of aryl methyl sites for hydroxylation is 1. The Morgan fingerprint density at radius 2 is 2.31 bits per heavy atom. The predicted octanol–water partition coefficient (Wildman–Crippen LogP) is 1.91. The van der Waals surface area contributed by atoms with E-state index >= 15 is 0 Å². The summed E-state index contributed by atoms with van der Waals surface area (Å²) in [5.41, 5.74) is 6.94. The van der Waals surface area contributed by atoms with Crippen molar-refractivity contribution in [3.05, 3.63) is 11.8 Å². The molecule has 1 aliphatic carbocycles. The lowest BCUT2D eigenvalue weighted by molar-refractivity contribution is 0.515. The first-order valence-electron chi connectivity index (χ1n) is 4.98. The largest absolute Gasteiger partial charge is 0.384 e. The van der Waals surface area contributed by atoms with Crippen LogP contribution in [0.3, 0.4) is 0 Å². The van der Waals surface area contributed by atoms with E-state index in [0.717, 1.165) is 11.7 Å². The van der Waals surface area contributed by atoms with Gasteiger partial charge in [-0.1, -0.05) is 19.8 Å². The van der Waals surface area contributed by atoms with Gasteiger partial charge >= 0.3 is 0 Å². The van der Waals surface area contributed by atoms with E-state index in [1.165, 1.54) is 25.0 Å². The molecule has 0 aromatic carbocycles. The summed E-state index contributed by atoms with van der Waals surface area (Å²) in [6.45, 7) is 2.31. The van der Waals surface area contributed by atoms with Crippen molar-refractivity contribution in [3.63, 3.8) is 0 Å². The Bertz CT molecular complexity index is 284. The van der Waals surface area contributed by atoms with E-state index in [-0.39, 0.29) is 0 Å². The number of rotatable bonds is 1. The van der Waals surface area contributed by atoms with E-state index < -0.39 is 0 Å². The molecular formula is C10H17N3. The molecule has 0 amide bonds. The molecule has 1 heterocycles. The molecule has 0 saturated heterocycles. The Morgan fingerprint density at radius 3 is 2.77 bits per heavy atom. The number of anilines is 1. The van der Waals surface area contributed by atoms with Crippen LogP contribution in [0, 0.1) is 5.92 Å². The third kappa shape index (κ3) is 1.43. The minimum Gasteiger partial charge on any atom is -0.384 e. The van der Waals surface area contributed by atoms with Crippen LogP contribution < -0.4 is 5.73 Å². The standard InChI is InChI=1S/C10H17N3/c1-7-4-3-5-8(7)9-6-10(11)13(2)12-9/h6-8H,3-5,11H2,1-2H3. The van der Waals surface area contributed by atoms with Crippen LogP contribution in [0.25, 0.3) is 0 Å². The van der Waals surface area contributed by atoms with Crippen LogP contribution in [0.1, 0.15) is 37.8 Å². The van der Waals surface area contributed by atoms with E-state index in [0.29, 0.717) is 5.92 Å². The molecule has 0 spiro atoms. The maximum atomic E-state index is 5.75. The third-order valence-corrected chi connectivity index (χ3v) is 3.18. The van der Waals surface area contributed by atoms with Crippen molar-refractivity contribution in [1.82, 2.24) is 9.78 Å². The van der Waals surface area contributed by atoms with Gasteiger partial charge in [-0.2, -0.15) is 5.10 Å². The molecule has 1 aliphatic rings. The minimum atomic E-state index is 0.642. The van der Waals surface area contributed by atoms with Crippen LogP contribution in [-0.4, -0.2) is 9.78 Å². The summed E-state index contributed by atoms with van der Waals surface area (Å²) >= 11 is 0. The van der Waals surface area contributed by atoms with E-state index in [1.807, 2.05) is 13.1 Å². The first-order valence-corrected chi connectivity index (χ1v) is 4.98. The highest BCUT2D eigenvalue weighted by Crippen LogP contribution is 2.38. The van der Waals surface area contributed by atoms with E-state index in [4.69, 9.17) is 5.73 Å². The van der Waals surface area contributed by atoms with Crippen LogP contribution >= 0.6 is 0 Å². The first kappa shape index (κ1) is 8.60. The first-order chi connectivity index (χ1) is 6.18. The molecule has 13 heavy (non-hydrogen) atoms. The Balaban J connectivity index is 2.24. The van der Waals surface area contributed by atoms with Gasteiger partial charge in [-0.15, -0.1) is 0 Å². The fourth-order valence-electron chi connectivity index (χ4n) is 2.27. The van der Waals surface area contributed by atoms with Gasteiger partial charge in [0, 0.05) is 19.0 Å². The lowest BCUT2D eigenvalue weighted by Crippen LogP contribution is -2.03. The second kappa shape index (κ2) is 3.05. The van der Waals surface area contributed by atoms with Crippen molar-refractivity contribution in [2.75, 3.05) is 5.73 Å². The van der Waals surface area contributed by atoms with Gasteiger partial charge in [-0.25, -0.2) is 0 Å². The molecular weight excluding hydrogens is 162 g/mol. The zero-order chi connectivity index (χ0) is 9.42. The third-order valence-electron chi connectivity index (χ3n) is 3.18. The summed E-state index contributed by atoms with van der Waals surface area (Å²) in [5, 5.41) is 4.43. The van der Waals surface area contributed by atoms with Crippen LogP contribution in [0.2, 0.25) is 0 Å². The van der Waals surface area contributed by atoms with E-state index in [1.54, 1.807) is 4.68 Å². The summed E-state index contributed by atoms with van der Waals surface area (Å²) in [7, 11) is 1.90. The highest BCUT2D eigenvalue weighted by Gasteiger charge is 2.27. The summed E-state index contributed by atoms with van der Waals surface area (Å²) in [4.78, 5) is 0. The number of nitrogens with two attached hydrogens (primary N) is 1. The Morgan fingerprint density at radius 1 is 1.54 bits per heavy atom. The average molecular weight is 179 g/mol. The smallest absolute Gasteiger partial charge is 0.121 e. The second-order valence-electron chi connectivity index (χ2n) is 4.13. The lowest BCUT2D eigenvalue weighted by Gasteiger charge is -2.11. The fourth-order valence-corrected chi connectivity index (χ4v) is 2.27. The molecule has 0 bridgehead atoms. The van der Waals surface area contributed by atoms with Gasteiger partial charge in [0.25, 0.3) is 0 Å². The zero-order valence-corrected chi connectivity index (χ0v) is 8.33. The fraction of sp³-hybridized carbons (Fsp3) is 0.700. The lowest BCUT2D eigenvalue weighted by atomic mass is 9.95. The highest BCUT2D eigenvalue weighted by atomic mass is 15.3. The Labute approximate surface area is 78.9 Å². The normalized spacial score (nSPS) is 28.2. The van der Waals surface area contributed by atoms with Crippen LogP contribution in [0.5, 0.6) is 0 Å². The van der Waals surface area contributed by atoms with Crippen LogP contribution in [0.4, 0.5) is 5.82 Å². The molecule has 1 aromatic heterocycles. The quantitative estimate of drug-likeness (QED) is 0.715. The van der Waals surface area contributed by atoms with Crippen molar-refractivity contribution >= 4 is 5.82 Å². The molecule has 2 unspecified atom stereocenters. The molecule has 2 rings (SSSR count). The second-order valence-corrected chi connectivity index (χ2v) is 4.13. The SMILES string of the molecule is CC1CCCC1c1cc(N)n(C)n1. The van der Waals surface area contributed by atoms with Crippen molar-refractivity contribution in [2.45, 2.75) is 32.1 Å². The maximum Gasteiger partial charge on any atom is 0.121 e. The molecule has 1 fully saturated rings. The van der Waals surface area contributed by atoms with Gasteiger partial charge in [0.2, 0.25) is 0 Å². The van der Waals surface area contributed by atoms with Gasteiger partial charge in [0.1, 0.15) is 5.82 Å². The Kier molecular flexibility index (Phi) is 2.02. The van der Waals surface area contributed by atoms with Gasteiger partial charge in [0.15, 0.2) is 0 Å². The zero-order valence-electron chi connectivity index (χ0n) is 8.33. The molecule has 2 N–H and O–H groups in total. The topological polar surface area (TPSA) is 43.8 Å². The number of hydrogen-bond acceptors (Lipinski definition) is 2. The Hall–Kier alpha value is -0.990. The van der Waals surface area contributed by atoms with Gasteiger partial charge in [-0.3, -0.25) is 4.68 Å².